The van der Waals surface area contributed by atoms with Gasteiger partial charge < -0.3 is 15.2 Å². The first-order valence-corrected chi connectivity index (χ1v) is 6.97. The summed E-state index contributed by atoms with van der Waals surface area (Å²) in [5.41, 5.74) is 6.22. The highest BCUT2D eigenvalue weighted by atomic mass is 16.5. The highest BCUT2D eigenvalue weighted by molar-refractivity contribution is 5.79. The Labute approximate surface area is 121 Å². The van der Waals surface area contributed by atoms with Gasteiger partial charge in [-0.25, -0.2) is 0 Å². The van der Waals surface area contributed by atoms with E-state index in [9.17, 15) is 4.79 Å². The second-order valence-corrected chi connectivity index (χ2v) is 5.58. The van der Waals surface area contributed by atoms with Gasteiger partial charge in [-0.1, -0.05) is 26.0 Å². The fourth-order valence-corrected chi connectivity index (χ4v) is 1.91. The molecule has 1 atom stereocenters. The van der Waals surface area contributed by atoms with Crippen LogP contribution in [-0.4, -0.2) is 25.2 Å². The summed E-state index contributed by atoms with van der Waals surface area (Å²) in [6.07, 6.45) is 1.23. The third kappa shape index (κ3) is 4.85. The van der Waals surface area contributed by atoms with Crippen molar-refractivity contribution in [2.45, 2.75) is 45.1 Å². The molecule has 0 radical (unpaired) electrons. The SMILES string of the molecule is COC(=O)C(C)(N)CCCOc1ccc(C(C)C)cc1. The van der Waals surface area contributed by atoms with Gasteiger partial charge in [0.25, 0.3) is 0 Å². The number of carbonyl (C=O) groups excluding carboxylic acids is 1. The van der Waals surface area contributed by atoms with Crippen molar-refractivity contribution in [3.63, 3.8) is 0 Å². The quantitative estimate of drug-likeness (QED) is 0.616. The van der Waals surface area contributed by atoms with E-state index < -0.39 is 11.5 Å². The van der Waals surface area contributed by atoms with Crippen molar-refractivity contribution >= 4 is 5.97 Å². The minimum absolute atomic E-state index is 0.390. The molecule has 0 spiro atoms. The number of esters is 1. The van der Waals surface area contributed by atoms with Crippen molar-refractivity contribution in [1.82, 2.24) is 0 Å². The van der Waals surface area contributed by atoms with Crippen molar-refractivity contribution in [3.8, 4) is 5.75 Å². The van der Waals surface area contributed by atoms with Crippen LogP contribution in [0, 0.1) is 0 Å². The summed E-state index contributed by atoms with van der Waals surface area (Å²) in [7, 11) is 1.35. The van der Waals surface area contributed by atoms with Crippen molar-refractivity contribution in [2.24, 2.45) is 5.73 Å². The van der Waals surface area contributed by atoms with Crippen LogP contribution in [0.1, 0.15) is 45.1 Å². The maximum absolute atomic E-state index is 11.4. The van der Waals surface area contributed by atoms with E-state index in [1.807, 2.05) is 12.1 Å². The van der Waals surface area contributed by atoms with Crippen molar-refractivity contribution in [3.05, 3.63) is 29.8 Å². The van der Waals surface area contributed by atoms with Crippen LogP contribution in [0.4, 0.5) is 0 Å². The Morgan fingerprint density at radius 2 is 1.90 bits per heavy atom. The average Bonchev–Trinajstić information content (AvgIpc) is 2.43. The van der Waals surface area contributed by atoms with Gasteiger partial charge in [0.1, 0.15) is 11.3 Å². The van der Waals surface area contributed by atoms with Crippen LogP contribution in [0.2, 0.25) is 0 Å². The third-order valence-corrected chi connectivity index (χ3v) is 3.31. The summed E-state index contributed by atoms with van der Waals surface area (Å²) in [5.74, 6) is 0.965. The molecule has 1 aromatic rings. The van der Waals surface area contributed by atoms with Crippen LogP contribution < -0.4 is 10.5 Å². The van der Waals surface area contributed by atoms with Gasteiger partial charge >= 0.3 is 5.97 Å². The van der Waals surface area contributed by atoms with Gasteiger partial charge in [0, 0.05) is 0 Å². The third-order valence-electron chi connectivity index (χ3n) is 3.31. The monoisotopic (exact) mass is 279 g/mol. The van der Waals surface area contributed by atoms with Crippen LogP contribution in [0.25, 0.3) is 0 Å². The first-order valence-electron chi connectivity index (χ1n) is 6.97. The Balaban J connectivity index is 2.36. The van der Waals surface area contributed by atoms with Gasteiger partial charge in [-0.2, -0.15) is 0 Å². The largest absolute Gasteiger partial charge is 0.494 e. The highest BCUT2D eigenvalue weighted by Crippen LogP contribution is 2.19. The van der Waals surface area contributed by atoms with E-state index in [1.54, 1.807) is 6.92 Å². The van der Waals surface area contributed by atoms with Crippen molar-refractivity contribution < 1.29 is 14.3 Å². The maximum atomic E-state index is 11.4. The number of methoxy groups -OCH3 is 1. The first-order chi connectivity index (χ1) is 9.36. The molecule has 20 heavy (non-hydrogen) atoms. The minimum atomic E-state index is -0.945. The first kappa shape index (κ1) is 16.5. The van der Waals surface area contributed by atoms with E-state index in [4.69, 9.17) is 10.5 Å². The molecule has 0 aliphatic heterocycles. The van der Waals surface area contributed by atoms with E-state index >= 15 is 0 Å². The standard InChI is InChI=1S/C16H25NO3/c1-12(2)13-6-8-14(9-7-13)20-11-5-10-16(3,17)15(18)19-4/h6-9,12H,5,10-11,17H2,1-4H3. The molecule has 4 heteroatoms. The molecule has 0 saturated carbocycles. The number of ether oxygens (including phenoxy) is 2. The molecule has 0 fully saturated rings. The lowest BCUT2D eigenvalue weighted by Gasteiger charge is -2.21. The Kier molecular flexibility index (Phi) is 6.02. The normalized spacial score (nSPS) is 13.9. The van der Waals surface area contributed by atoms with Gasteiger partial charge in [0.15, 0.2) is 0 Å². The summed E-state index contributed by atoms with van der Waals surface area (Å²) in [4.78, 5) is 11.4. The summed E-state index contributed by atoms with van der Waals surface area (Å²) in [6, 6.07) is 8.08. The highest BCUT2D eigenvalue weighted by Gasteiger charge is 2.28. The van der Waals surface area contributed by atoms with Crippen molar-refractivity contribution in [1.29, 1.82) is 0 Å². The molecule has 1 unspecified atom stereocenters. The van der Waals surface area contributed by atoms with Crippen LogP contribution in [0.3, 0.4) is 0 Å². The maximum Gasteiger partial charge on any atom is 0.325 e. The number of hydrogen-bond acceptors (Lipinski definition) is 4. The van der Waals surface area contributed by atoms with E-state index in [0.29, 0.717) is 25.4 Å². The van der Waals surface area contributed by atoms with Gasteiger partial charge in [-0.05, 0) is 43.4 Å². The molecule has 0 aliphatic carbocycles. The van der Waals surface area contributed by atoms with Gasteiger partial charge in [-0.15, -0.1) is 0 Å². The molecular weight excluding hydrogens is 254 g/mol. The fourth-order valence-electron chi connectivity index (χ4n) is 1.91. The molecule has 0 heterocycles. The second kappa shape index (κ2) is 7.29. The van der Waals surface area contributed by atoms with Crippen LogP contribution in [0.15, 0.2) is 24.3 Å². The molecule has 2 N–H and O–H groups in total. The molecule has 4 nitrogen and oxygen atoms in total. The molecule has 1 aromatic carbocycles. The Morgan fingerprint density at radius 1 is 1.30 bits per heavy atom. The number of benzene rings is 1. The van der Waals surface area contributed by atoms with E-state index in [-0.39, 0.29) is 0 Å². The lowest BCUT2D eigenvalue weighted by atomic mass is 9.98. The van der Waals surface area contributed by atoms with Gasteiger partial charge in [-0.3, -0.25) is 4.79 Å². The summed E-state index contributed by atoms with van der Waals surface area (Å²) >= 11 is 0. The van der Waals surface area contributed by atoms with E-state index in [1.165, 1.54) is 12.7 Å². The number of rotatable bonds is 7. The zero-order valence-corrected chi connectivity index (χ0v) is 12.8. The topological polar surface area (TPSA) is 61.5 Å². The smallest absolute Gasteiger partial charge is 0.325 e. The zero-order valence-electron chi connectivity index (χ0n) is 12.8. The van der Waals surface area contributed by atoms with E-state index in [0.717, 1.165) is 5.75 Å². The Hall–Kier alpha value is -1.55. The molecule has 112 valence electrons. The lowest BCUT2D eigenvalue weighted by Crippen LogP contribution is -2.45. The van der Waals surface area contributed by atoms with Gasteiger partial charge in [0.05, 0.1) is 13.7 Å². The minimum Gasteiger partial charge on any atom is -0.494 e. The molecule has 0 saturated heterocycles. The second-order valence-electron chi connectivity index (χ2n) is 5.58. The molecular formula is C16H25NO3. The summed E-state index contributed by atoms with van der Waals surface area (Å²) < 4.78 is 10.3. The van der Waals surface area contributed by atoms with Crippen LogP contribution >= 0.6 is 0 Å². The molecule has 1 rings (SSSR count). The van der Waals surface area contributed by atoms with Crippen LogP contribution in [-0.2, 0) is 9.53 Å². The number of hydrogen-bond donors (Lipinski definition) is 1. The Morgan fingerprint density at radius 3 is 2.40 bits per heavy atom. The molecule has 0 amide bonds. The van der Waals surface area contributed by atoms with E-state index in [2.05, 4.69) is 30.7 Å². The fraction of sp³-hybridized carbons (Fsp3) is 0.562. The van der Waals surface area contributed by atoms with Gasteiger partial charge in [0.2, 0.25) is 0 Å². The molecule has 0 bridgehead atoms. The Bertz CT molecular complexity index is 424. The number of nitrogens with two attached hydrogens (primary N) is 1. The molecule has 0 aliphatic rings. The predicted molar refractivity (Wildman–Crippen MR) is 79.9 cm³/mol. The zero-order chi connectivity index (χ0) is 15.2. The number of carbonyl (C=O) groups is 1. The average molecular weight is 279 g/mol. The van der Waals surface area contributed by atoms with Crippen molar-refractivity contribution in [2.75, 3.05) is 13.7 Å². The molecule has 0 aromatic heterocycles. The lowest BCUT2D eigenvalue weighted by molar-refractivity contribution is -0.146. The summed E-state index contributed by atoms with van der Waals surface area (Å²) in [5, 5.41) is 0. The summed E-state index contributed by atoms with van der Waals surface area (Å²) in [6.45, 7) is 6.52. The predicted octanol–water partition coefficient (Wildman–Crippen LogP) is 2.86. The van der Waals surface area contributed by atoms with Crippen LogP contribution in [0.5, 0.6) is 5.75 Å².